The van der Waals surface area contributed by atoms with Gasteiger partial charge in [-0.05, 0) is 18.1 Å². The second-order valence-corrected chi connectivity index (χ2v) is 6.56. The molecule has 5 heteroatoms. The minimum atomic E-state index is -1.11. The van der Waals surface area contributed by atoms with Gasteiger partial charge in [-0.15, -0.1) is 0 Å². The van der Waals surface area contributed by atoms with Crippen LogP contribution in [0.4, 0.5) is 0 Å². The normalized spacial score (nSPS) is 18.9. The number of carbonyl (C=O) groups excluding carboxylic acids is 1. The molecule has 2 aromatic carbocycles. The Kier molecular flexibility index (Phi) is 5.68. The summed E-state index contributed by atoms with van der Waals surface area (Å²) >= 11 is 0. The fourth-order valence-corrected chi connectivity index (χ4v) is 3.10. The van der Waals surface area contributed by atoms with Gasteiger partial charge in [0.2, 0.25) is 5.60 Å². The van der Waals surface area contributed by atoms with Crippen molar-refractivity contribution in [1.29, 1.82) is 0 Å². The van der Waals surface area contributed by atoms with E-state index >= 15 is 0 Å². The molecular formula is C21H23NO4. The summed E-state index contributed by atoms with van der Waals surface area (Å²) in [7, 11) is 1.37. The Balaban J connectivity index is 1.60. The van der Waals surface area contributed by atoms with E-state index in [-0.39, 0.29) is 0 Å². The van der Waals surface area contributed by atoms with Gasteiger partial charge in [-0.3, -0.25) is 0 Å². The van der Waals surface area contributed by atoms with E-state index in [4.69, 9.17) is 14.3 Å². The zero-order valence-electron chi connectivity index (χ0n) is 15.1. The number of hydrogen-bond acceptors (Lipinski definition) is 5. The van der Waals surface area contributed by atoms with Gasteiger partial charge in [0.25, 0.3) is 0 Å². The van der Waals surface area contributed by atoms with Crippen LogP contribution in [0.5, 0.6) is 0 Å². The van der Waals surface area contributed by atoms with E-state index in [2.05, 4.69) is 11.2 Å². The van der Waals surface area contributed by atoms with Crippen molar-refractivity contribution >= 4 is 11.7 Å². The summed E-state index contributed by atoms with van der Waals surface area (Å²) < 4.78 is 10.7. The smallest absolute Gasteiger partial charge is 0.353 e. The first-order chi connectivity index (χ1) is 12.6. The molecule has 0 spiro atoms. The molecule has 0 amide bonds. The molecule has 1 heterocycles. The lowest BCUT2D eigenvalue weighted by molar-refractivity contribution is -0.166. The van der Waals surface area contributed by atoms with Crippen LogP contribution >= 0.6 is 0 Å². The molecule has 0 fully saturated rings. The largest absolute Gasteiger partial charge is 0.466 e. The molecule has 0 N–H and O–H groups in total. The molecule has 0 saturated carbocycles. The molecule has 0 aromatic heterocycles. The second kappa shape index (κ2) is 8.15. The minimum Gasteiger partial charge on any atom is -0.466 e. The topological polar surface area (TPSA) is 57.1 Å². The molecule has 0 bridgehead atoms. The number of hydrogen-bond donors (Lipinski definition) is 0. The van der Waals surface area contributed by atoms with Crippen LogP contribution in [0.1, 0.15) is 23.1 Å². The van der Waals surface area contributed by atoms with Crippen molar-refractivity contribution in [3.05, 3.63) is 71.3 Å². The molecule has 2 aromatic rings. The van der Waals surface area contributed by atoms with Gasteiger partial charge in [0, 0.05) is 12.8 Å². The van der Waals surface area contributed by atoms with Gasteiger partial charge in [0.05, 0.1) is 26.0 Å². The van der Waals surface area contributed by atoms with Crippen LogP contribution in [0.2, 0.25) is 0 Å². The van der Waals surface area contributed by atoms with Crippen molar-refractivity contribution in [3.8, 4) is 0 Å². The summed E-state index contributed by atoms with van der Waals surface area (Å²) in [6, 6.07) is 17.9. The second-order valence-electron chi connectivity index (χ2n) is 6.56. The van der Waals surface area contributed by atoms with Gasteiger partial charge in [-0.1, -0.05) is 65.3 Å². The van der Waals surface area contributed by atoms with Crippen molar-refractivity contribution in [2.24, 2.45) is 5.16 Å². The number of nitrogens with zero attached hydrogens (tertiary/aromatic N) is 1. The summed E-state index contributed by atoms with van der Waals surface area (Å²) in [5.74, 6) is -0.418. The molecule has 1 atom stereocenters. The lowest BCUT2D eigenvalue weighted by atomic mass is 9.90. The number of carbonyl (C=O) groups is 1. The predicted octanol–water partition coefficient (Wildman–Crippen LogP) is 3.44. The molecule has 5 nitrogen and oxygen atoms in total. The van der Waals surface area contributed by atoms with Crippen molar-refractivity contribution in [2.45, 2.75) is 32.0 Å². The van der Waals surface area contributed by atoms with Crippen LogP contribution in [-0.4, -0.2) is 31.0 Å². The highest BCUT2D eigenvalue weighted by Crippen LogP contribution is 2.30. The zero-order chi connectivity index (χ0) is 18.4. The van der Waals surface area contributed by atoms with Gasteiger partial charge in [0.1, 0.15) is 0 Å². The summed E-state index contributed by atoms with van der Waals surface area (Å²) in [4.78, 5) is 17.9. The third-order valence-electron chi connectivity index (χ3n) is 4.35. The maximum absolute atomic E-state index is 12.4. The standard InChI is InChI=1S/C21H23NO4/c1-16-7-6-10-18(11-16)14-25-15-19-13-21(26-22-19,20(23)24-2)12-17-8-4-3-5-9-17/h3-11H,12-15H2,1-2H3. The Labute approximate surface area is 153 Å². The molecule has 0 aliphatic carbocycles. The van der Waals surface area contributed by atoms with Gasteiger partial charge in [0.15, 0.2) is 0 Å². The first kappa shape index (κ1) is 18.1. The molecule has 0 saturated heterocycles. The lowest BCUT2D eigenvalue weighted by Crippen LogP contribution is -2.42. The number of methoxy groups -OCH3 is 1. The van der Waals surface area contributed by atoms with Gasteiger partial charge < -0.3 is 14.3 Å². The Hall–Kier alpha value is -2.66. The summed E-state index contributed by atoms with van der Waals surface area (Å²) in [5, 5.41) is 4.09. The third kappa shape index (κ3) is 4.29. The summed E-state index contributed by atoms with van der Waals surface area (Å²) in [6.07, 6.45) is 0.772. The number of oxime groups is 1. The molecule has 1 aliphatic rings. The van der Waals surface area contributed by atoms with Crippen LogP contribution in [0.25, 0.3) is 0 Å². The molecule has 136 valence electrons. The fraction of sp³-hybridized carbons (Fsp3) is 0.333. The molecule has 26 heavy (non-hydrogen) atoms. The van der Waals surface area contributed by atoms with E-state index in [0.29, 0.717) is 31.8 Å². The lowest BCUT2D eigenvalue weighted by Gasteiger charge is -2.23. The van der Waals surface area contributed by atoms with E-state index < -0.39 is 11.6 Å². The molecule has 1 unspecified atom stereocenters. The van der Waals surface area contributed by atoms with Crippen LogP contribution in [0.15, 0.2) is 59.8 Å². The fourth-order valence-electron chi connectivity index (χ4n) is 3.10. The van der Waals surface area contributed by atoms with Gasteiger partial charge in [-0.2, -0.15) is 0 Å². The number of ether oxygens (including phenoxy) is 2. The summed E-state index contributed by atoms with van der Waals surface area (Å²) in [5.41, 5.74) is 2.89. The Morgan fingerprint density at radius 3 is 2.62 bits per heavy atom. The Bertz CT molecular complexity index is 788. The van der Waals surface area contributed by atoms with E-state index in [1.807, 2.05) is 55.5 Å². The highest BCUT2D eigenvalue weighted by molar-refractivity contribution is 5.94. The van der Waals surface area contributed by atoms with Crippen molar-refractivity contribution < 1.29 is 19.1 Å². The predicted molar refractivity (Wildman–Crippen MR) is 98.9 cm³/mol. The average Bonchev–Trinajstić information content (AvgIpc) is 3.06. The van der Waals surface area contributed by atoms with E-state index in [9.17, 15) is 4.79 Å². The molecule has 1 aliphatic heterocycles. The van der Waals surface area contributed by atoms with E-state index in [1.54, 1.807) is 0 Å². The Morgan fingerprint density at radius 1 is 1.12 bits per heavy atom. The van der Waals surface area contributed by atoms with Crippen LogP contribution in [0, 0.1) is 6.92 Å². The van der Waals surface area contributed by atoms with E-state index in [1.165, 1.54) is 12.7 Å². The van der Waals surface area contributed by atoms with E-state index in [0.717, 1.165) is 11.1 Å². The maximum Gasteiger partial charge on any atom is 0.353 e. The first-order valence-electron chi connectivity index (χ1n) is 8.61. The number of rotatable bonds is 7. The third-order valence-corrected chi connectivity index (χ3v) is 4.35. The number of aryl methyl sites for hydroxylation is 1. The highest BCUT2D eigenvalue weighted by atomic mass is 16.7. The van der Waals surface area contributed by atoms with Gasteiger partial charge >= 0.3 is 5.97 Å². The molecule has 0 radical (unpaired) electrons. The molecular weight excluding hydrogens is 330 g/mol. The minimum absolute atomic E-state index is 0.321. The van der Waals surface area contributed by atoms with Crippen LogP contribution in [-0.2, 0) is 32.1 Å². The van der Waals surface area contributed by atoms with Crippen LogP contribution in [0.3, 0.4) is 0 Å². The maximum atomic E-state index is 12.4. The zero-order valence-corrected chi connectivity index (χ0v) is 15.1. The van der Waals surface area contributed by atoms with Crippen molar-refractivity contribution in [2.75, 3.05) is 13.7 Å². The van der Waals surface area contributed by atoms with Gasteiger partial charge in [-0.25, -0.2) is 4.79 Å². The van der Waals surface area contributed by atoms with Crippen molar-refractivity contribution in [1.82, 2.24) is 0 Å². The monoisotopic (exact) mass is 353 g/mol. The summed E-state index contributed by atoms with van der Waals surface area (Å²) in [6.45, 7) is 2.86. The average molecular weight is 353 g/mol. The molecule has 3 rings (SSSR count). The SMILES string of the molecule is COC(=O)C1(Cc2ccccc2)CC(COCc2cccc(C)c2)=NO1. The van der Waals surface area contributed by atoms with Crippen molar-refractivity contribution in [3.63, 3.8) is 0 Å². The highest BCUT2D eigenvalue weighted by Gasteiger charge is 2.47. The quantitative estimate of drug-likeness (QED) is 0.716. The Morgan fingerprint density at radius 2 is 1.88 bits per heavy atom. The van der Waals surface area contributed by atoms with Crippen LogP contribution < -0.4 is 0 Å². The number of esters is 1. The first-order valence-corrected chi connectivity index (χ1v) is 8.61. The number of benzene rings is 2.